The van der Waals surface area contributed by atoms with Gasteiger partial charge in [-0.05, 0) is 45.4 Å². The fraction of sp³-hybridized carbons (Fsp3) is 0.353. The summed E-state index contributed by atoms with van der Waals surface area (Å²) in [5.41, 5.74) is 13.6. The minimum atomic E-state index is -0.780. The minimum absolute atomic E-state index is 0.00547. The first-order valence-corrected chi connectivity index (χ1v) is 7.91. The van der Waals surface area contributed by atoms with Crippen LogP contribution in [0.25, 0.3) is 0 Å². The minimum Gasteiger partial charge on any atom is -0.365 e. The summed E-state index contributed by atoms with van der Waals surface area (Å²) in [5, 5.41) is 5.88. The zero-order valence-corrected chi connectivity index (χ0v) is 14.7. The molecule has 134 valence electrons. The number of nitrogens with zero attached hydrogens (tertiary/aromatic N) is 2. The van der Waals surface area contributed by atoms with Crippen molar-refractivity contribution in [2.45, 2.75) is 39.8 Å². The van der Waals surface area contributed by atoms with E-state index in [0.29, 0.717) is 5.69 Å². The van der Waals surface area contributed by atoms with Gasteiger partial charge >= 0.3 is 0 Å². The van der Waals surface area contributed by atoms with E-state index in [9.17, 15) is 9.18 Å². The lowest BCUT2D eigenvalue weighted by Gasteiger charge is -2.20. The summed E-state index contributed by atoms with van der Waals surface area (Å²) in [7, 11) is 0. The van der Waals surface area contributed by atoms with Crippen molar-refractivity contribution in [1.82, 2.24) is 9.97 Å². The van der Waals surface area contributed by atoms with Crippen LogP contribution in [0.4, 0.5) is 21.7 Å². The molecule has 0 spiro atoms. The number of hydrogen-bond acceptors (Lipinski definition) is 6. The van der Waals surface area contributed by atoms with Crippen LogP contribution in [0.3, 0.4) is 0 Å². The fourth-order valence-electron chi connectivity index (χ4n) is 2.07. The number of nitrogens with one attached hydrogen (secondary N) is 2. The van der Waals surface area contributed by atoms with Gasteiger partial charge in [-0.15, -0.1) is 0 Å². The Balaban J connectivity index is 2.42. The van der Waals surface area contributed by atoms with Crippen LogP contribution >= 0.6 is 0 Å². The number of carbonyl (C=O) groups excluding carboxylic acids is 1. The molecule has 0 radical (unpaired) electrons. The molecule has 6 N–H and O–H groups in total. The second kappa shape index (κ2) is 7.43. The van der Waals surface area contributed by atoms with Gasteiger partial charge in [0.05, 0.1) is 17.4 Å². The molecule has 0 fully saturated rings. The molecule has 1 amide bonds. The Morgan fingerprint density at radius 1 is 1.24 bits per heavy atom. The molecule has 7 nitrogen and oxygen atoms in total. The molecule has 2 unspecified atom stereocenters. The second-order valence-electron chi connectivity index (χ2n) is 6.12. The number of anilines is 3. The molecule has 2 atom stereocenters. The Kier molecular flexibility index (Phi) is 5.53. The Hall–Kier alpha value is -2.74. The summed E-state index contributed by atoms with van der Waals surface area (Å²) in [4.78, 5) is 20.1. The second-order valence-corrected chi connectivity index (χ2v) is 6.12. The largest absolute Gasteiger partial charge is 0.365 e. The van der Waals surface area contributed by atoms with E-state index >= 15 is 0 Å². The average molecular weight is 346 g/mol. The number of aryl methyl sites for hydroxylation is 2. The van der Waals surface area contributed by atoms with Crippen LogP contribution in [0.2, 0.25) is 0 Å². The number of carbonyl (C=O) groups is 1. The average Bonchev–Trinajstić information content (AvgIpc) is 2.53. The van der Waals surface area contributed by atoms with E-state index in [1.165, 1.54) is 0 Å². The molecular formula is C17H23FN6O. The standard InChI is InChI=1S/C17H23FN6O/c1-8-5-12(7-21-10(8)3)23-16-13(15(20)25)6-14(18)17(24-16)22-11(4)9(2)19/h5-7,9,11H,19H2,1-4H3,(H2,20,25)(H2,22,23,24). The molecule has 2 aromatic heterocycles. The van der Waals surface area contributed by atoms with Crippen LogP contribution in [0.5, 0.6) is 0 Å². The number of halogens is 1. The van der Waals surface area contributed by atoms with E-state index in [1.807, 2.05) is 26.8 Å². The number of hydrogen-bond donors (Lipinski definition) is 4. The number of primary amides is 1. The number of amides is 1. The van der Waals surface area contributed by atoms with Gasteiger partial charge in [0, 0.05) is 17.8 Å². The molecule has 0 aliphatic rings. The van der Waals surface area contributed by atoms with Gasteiger partial charge in [-0.25, -0.2) is 9.37 Å². The van der Waals surface area contributed by atoms with Crippen molar-refractivity contribution in [3.05, 3.63) is 41.0 Å². The first-order chi connectivity index (χ1) is 11.7. The van der Waals surface area contributed by atoms with Crippen LogP contribution in [0.15, 0.2) is 18.3 Å². The smallest absolute Gasteiger partial charge is 0.252 e. The molecule has 2 aromatic rings. The highest BCUT2D eigenvalue weighted by Crippen LogP contribution is 2.24. The predicted molar refractivity (Wildman–Crippen MR) is 96.4 cm³/mol. The van der Waals surface area contributed by atoms with Crippen molar-refractivity contribution in [3.8, 4) is 0 Å². The third kappa shape index (κ3) is 4.42. The van der Waals surface area contributed by atoms with Crippen molar-refractivity contribution in [2.75, 3.05) is 10.6 Å². The monoisotopic (exact) mass is 346 g/mol. The summed E-state index contributed by atoms with van der Waals surface area (Å²) in [6.45, 7) is 7.42. The van der Waals surface area contributed by atoms with Gasteiger partial charge in [-0.1, -0.05) is 0 Å². The highest BCUT2D eigenvalue weighted by Gasteiger charge is 2.18. The molecule has 0 saturated heterocycles. The van der Waals surface area contributed by atoms with Gasteiger partial charge in [0.25, 0.3) is 5.91 Å². The lowest BCUT2D eigenvalue weighted by Crippen LogP contribution is -2.35. The number of aromatic nitrogens is 2. The summed E-state index contributed by atoms with van der Waals surface area (Å²) in [6, 6.07) is 2.49. The zero-order chi connectivity index (χ0) is 18.7. The van der Waals surface area contributed by atoms with Crippen LogP contribution in [0.1, 0.15) is 35.5 Å². The normalized spacial score (nSPS) is 13.2. The van der Waals surface area contributed by atoms with Crippen molar-refractivity contribution in [2.24, 2.45) is 11.5 Å². The highest BCUT2D eigenvalue weighted by atomic mass is 19.1. The van der Waals surface area contributed by atoms with E-state index in [0.717, 1.165) is 17.3 Å². The van der Waals surface area contributed by atoms with E-state index < -0.39 is 11.7 Å². The van der Waals surface area contributed by atoms with Gasteiger partial charge in [0.15, 0.2) is 11.6 Å². The lowest BCUT2D eigenvalue weighted by atomic mass is 10.1. The van der Waals surface area contributed by atoms with E-state index in [4.69, 9.17) is 11.5 Å². The van der Waals surface area contributed by atoms with Gasteiger partial charge in [0.1, 0.15) is 5.82 Å². The summed E-state index contributed by atoms with van der Waals surface area (Å²) in [5.74, 6) is -1.31. The van der Waals surface area contributed by atoms with E-state index in [-0.39, 0.29) is 29.3 Å². The van der Waals surface area contributed by atoms with Crippen molar-refractivity contribution < 1.29 is 9.18 Å². The highest BCUT2D eigenvalue weighted by molar-refractivity contribution is 5.98. The summed E-state index contributed by atoms with van der Waals surface area (Å²) < 4.78 is 14.3. The molecule has 0 aromatic carbocycles. The molecule has 0 aliphatic heterocycles. The van der Waals surface area contributed by atoms with E-state index in [1.54, 1.807) is 13.1 Å². The van der Waals surface area contributed by atoms with E-state index in [2.05, 4.69) is 20.6 Å². The maximum atomic E-state index is 14.3. The molecule has 0 saturated carbocycles. The third-order valence-corrected chi connectivity index (χ3v) is 4.00. The quantitative estimate of drug-likeness (QED) is 0.637. The maximum absolute atomic E-state index is 14.3. The van der Waals surface area contributed by atoms with Gasteiger partial charge in [-0.2, -0.15) is 0 Å². The molecule has 0 bridgehead atoms. The third-order valence-electron chi connectivity index (χ3n) is 4.00. The number of pyridine rings is 2. The van der Waals surface area contributed by atoms with Gasteiger partial charge < -0.3 is 22.1 Å². The van der Waals surface area contributed by atoms with Crippen LogP contribution in [-0.2, 0) is 0 Å². The molecule has 25 heavy (non-hydrogen) atoms. The molecule has 2 rings (SSSR count). The first kappa shape index (κ1) is 18.6. The fourth-order valence-corrected chi connectivity index (χ4v) is 2.07. The van der Waals surface area contributed by atoms with Crippen LogP contribution < -0.4 is 22.1 Å². The maximum Gasteiger partial charge on any atom is 0.252 e. The van der Waals surface area contributed by atoms with Gasteiger partial charge in [-0.3, -0.25) is 9.78 Å². The van der Waals surface area contributed by atoms with Crippen LogP contribution in [-0.4, -0.2) is 28.0 Å². The number of nitrogens with two attached hydrogens (primary N) is 2. The molecule has 0 aliphatic carbocycles. The Morgan fingerprint density at radius 2 is 1.92 bits per heavy atom. The molecule has 2 heterocycles. The Labute approximate surface area is 146 Å². The van der Waals surface area contributed by atoms with Crippen LogP contribution in [0, 0.1) is 19.7 Å². The van der Waals surface area contributed by atoms with Crippen molar-refractivity contribution in [3.63, 3.8) is 0 Å². The first-order valence-electron chi connectivity index (χ1n) is 7.91. The molecule has 8 heteroatoms. The lowest BCUT2D eigenvalue weighted by molar-refractivity contribution is 0.100. The summed E-state index contributed by atoms with van der Waals surface area (Å²) >= 11 is 0. The SMILES string of the molecule is Cc1cc(Nc2nc(NC(C)C(C)N)c(F)cc2C(N)=O)cnc1C. The van der Waals surface area contributed by atoms with Crippen molar-refractivity contribution in [1.29, 1.82) is 0 Å². The van der Waals surface area contributed by atoms with Gasteiger partial charge in [0.2, 0.25) is 0 Å². The predicted octanol–water partition coefficient (Wildman–Crippen LogP) is 2.22. The molecular weight excluding hydrogens is 323 g/mol. The topological polar surface area (TPSA) is 119 Å². The Morgan fingerprint density at radius 3 is 2.48 bits per heavy atom. The zero-order valence-electron chi connectivity index (χ0n) is 14.7. The Bertz CT molecular complexity index is 793. The summed E-state index contributed by atoms with van der Waals surface area (Å²) in [6.07, 6.45) is 1.61. The van der Waals surface area contributed by atoms with Crippen molar-refractivity contribution >= 4 is 23.2 Å². The number of rotatable bonds is 6.